The molecule has 0 N–H and O–H groups in total. The molecule has 1 aliphatic carbocycles. The van der Waals surface area contributed by atoms with Crippen LogP contribution >= 0.6 is 11.6 Å². The first-order valence-electron chi connectivity index (χ1n) is 14.5. The zero-order valence-electron chi connectivity index (χ0n) is 22.3. The van der Waals surface area contributed by atoms with E-state index in [-0.39, 0.29) is 0 Å². The van der Waals surface area contributed by atoms with Crippen molar-refractivity contribution < 1.29 is 0 Å². The summed E-state index contributed by atoms with van der Waals surface area (Å²) in [6.45, 7) is 6.54. The van der Waals surface area contributed by atoms with Gasteiger partial charge in [0.1, 0.15) is 5.82 Å². The van der Waals surface area contributed by atoms with E-state index in [9.17, 15) is 0 Å². The molecule has 1 saturated carbocycles. The summed E-state index contributed by atoms with van der Waals surface area (Å²) >= 11 is 6.42. The number of imidazole rings is 1. The van der Waals surface area contributed by atoms with Crippen LogP contribution in [0.3, 0.4) is 0 Å². The van der Waals surface area contributed by atoms with Crippen LogP contribution < -0.4 is 0 Å². The summed E-state index contributed by atoms with van der Waals surface area (Å²) in [5.41, 5.74) is 5.06. The molecule has 0 atom stereocenters. The quantitative estimate of drug-likeness (QED) is 0.237. The normalized spacial score (nSPS) is 17.9. The molecule has 0 unspecified atom stereocenters. The molecule has 2 heterocycles. The van der Waals surface area contributed by atoms with E-state index in [1.54, 1.807) is 0 Å². The molecule has 6 rings (SSSR count). The summed E-state index contributed by atoms with van der Waals surface area (Å²) < 4.78 is 2.49. The molecular formula is C33H39ClN4. The summed E-state index contributed by atoms with van der Waals surface area (Å²) in [5, 5.41) is 0.802. The van der Waals surface area contributed by atoms with Crippen molar-refractivity contribution in [1.82, 2.24) is 19.4 Å². The maximum Gasteiger partial charge on any atom is 0.112 e. The third-order valence-corrected chi connectivity index (χ3v) is 8.80. The lowest BCUT2D eigenvalue weighted by Gasteiger charge is -2.40. The number of hydrogen-bond donors (Lipinski definition) is 0. The molecule has 1 saturated heterocycles. The van der Waals surface area contributed by atoms with Gasteiger partial charge < -0.3 is 9.47 Å². The maximum absolute atomic E-state index is 6.42. The third-order valence-electron chi connectivity index (χ3n) is 8.57. The molecular weight excluding hydrogens is 488 g/mol. The number of rotatable bonds is 8. The molecule has 4 aromatic rings. The van der Waals surface area contributed by atoms with E-state index in [1.807, 2.05) is 6.07 Å². The fourth-order valence-corrected chi connectivity index (χ4v) is 6.77. The minimum Gasteiger partial charge on any atom is -0.328 e. The zero-order valence-corrected chi connectivity index (χ0v) is 23.1. The molecule has 0 bridgehead atoms. The van der Waals surface area contributed by atoms with Gasteiger partial charge in [-0.2, -0.15) is 0 Å². The molecule has 3 aromatic carbocycles. The van der Waals surface area contributed by atoms with E-state index >= 15 is 0 Å². The van der Waals surface area contributed by atoms with Crippen molar-refractivity contribution in [3.8, 4) is 0 Å². The highest BCUT2D eigenvalue weighted by Crippen LogP contribution is 2.35. The Kier molecular flexibility index (Phi) is 8.10. The van der Waals surface area contributed by atoms with Crippen molar-refractivity contribution in [2.45, 2.75) is 57.0 Å². The lowest BCUT2D eigenvalue weighted by Crippen LogP contribution is -2.48. The molecule has 2 fully saturated rings. The topological polar surface area (TPSA) is 24.3 Å². The SMILES string of the molecule is Clc1ccc2nc(C3CCCCC3)n(CCCN3CCN(C(c4ccccc4)c4ccccc4)CC3)c2c1. The molecule has 1 aliphatic heterocycles. The molecule has 0 amide bonds. The summed E-state index contributed by atoms with van der Waals surface area (Å²) in [6.07, 6.45) is 7.69. The Morgan fingerprint density at radius 2 is 1.42 bits per heavy atom. The van der Waals surface area contributed by atoms with Crippen LogP contribution in [0, 0.1) is 0 Å². The Balaban J connectivity index is 1.11. The second-order valence-electron chi connectivity index (χ2n) is 11.0. The van der Waals surface area contributed by atoms with Gasteiger partial charge in [0.25, 0.3) is 0 Å². The van der Waals surface area contributed by atoms with Crippen molar-refractivity contribution in [2.75, 3.05) is 32.7 Å². The zero-order chi connectivity index (χ0) is 25.7. The van der Waals surface area contributed by atoms with Gasteiger partial charge in [0, 0.05) is 43.7 Å². The summed E-state index contributed by atoms with van der Waals surface area (Å²) in [6, 6.07) is 28.5. The molecule has 1 aromatic heterocycles. The number of piperazine rings is 1. The first-order chi connectivity index (χ1) is 18.8. The Morgan fingerprint density at radius 1 is 0.763 bits per heavy atom. The van der Waals surface area contributed by atoms with E-state index in [4.69, 9.17) is 16.6 Å². The van der Waals surface area contributed by atoms with Crippen molar-refractivity contribution >= 4 is 22.6 Å². The van der Waals surface area contributed by atoms with Crippen molar-refractivity contribution in [3.63, 3.8) is 0 Å². The van der Waals surface area contributed by atoms with Gasteiger partial charge in [-0.05, 0) is 55.1 Å². The van der Waals surface area contributed by atoms with E-state index in [2.05, 4.69) is 87.2 Å². The molecule has 198 valence electrons. The Labute approximate surface area is 232 Å². The highest BCUT2D eigenvalue weighted by molar-refractivity contribution is 6.31. The minimum absolute atomic E-state index is 0.319. The predicted octanol–water partition coefficient (Wildman–Crippen LogP) is 7.53. The van der Waals surface area contributed by atoms with Crippen LogP contribution in [0.25, 0.3) is 11.0 Å². The lowest BCUT2D eigenvalue weighted by atomic mass is 9.88. The van der Waals surface area contributed by atoms with Crippen LogP contribution in [-0.2, 0) is 6.54 Å². The summed E-state index contributed by atoms with van der Waals surface area (Å²) in [4.78, 5) is 10.4. The highest BCUT2D eigenvalue weighted by atomic mass is 35.5. The van der Waals surface area contributed by atoms with Crippen LogP contribution in [0.2, 0.25) is 5.02 Å². The number of nitrogens with zero attached hydrogens (tertiary/aromatic N) is 4. The van der Waals surface area contributed by atoms with E-state index in [1.165, 1.54) is 54.6 Å². The van der Waals surface area contributed by atoms with Gasteiger partial charge in [0.2, 0.25) is 0 Å². The van der Waals surface area contributed by atoms with Gasteiger partial charge in [0.15, 0.2) is 0 Å². The molecule has 4 nitrogen and oxygen atoms in total. The Hall–Kier alpha value is -2.66. The van der Waals surface area contributed by atoms with E-state index in [0.29, 0.717) is 12.0 Å². The summed E-state index contributed by atoms with van der Waals surface area (Å²) in [7, 11) is 0. The fraction of sp³-hybridized carbons (Fsp3) is 0.424. The Bertz CT molecular complexity index is 1270. The fourth-order valence-electron chi connectivity index (χ4n) is 6.60. The van der Waals surface area contributed by atoms with Crippen LogP contribution in [0.4, 0.5) is 0 Å². The number of benzene rings is 3. The van der Waals surface area contributed by atoms with Crippen molar-refractivity contribution in [3.05, 3.63) is 101 Å². The molecule has 0 radical (unpaired) electrons. The number of hydrogen-bond acceptors (Lipinski definition) is 3. The largest absolute Gasteiger partial charge is 0.328 e. The van der Waals surface area contributed by atoms with Gasteiger partial charge >= 0.3 is 0 Å². The number of aromatic nitrogens is 2. The minimum atomic E-state index is 0.319. The van der Waals surface area contributed by atoms with Gasteiger partial charge in [0.05, 0.1) is 17.1 Å². The van der Waals surface area contributed by atoms with Gasteiger partial charge in [-0.1, -0.05) is 91.5 Å². The van der Waals surface area contributed by atoms with Crippen LogP contribution in [0.1, 0.15) is 67.4 Å². The standard InChI is InChI=1S/C33H39ClN4/c34-29-17-18-30-31(25-29)38(33(35-30)28-15-8-3-9-16-28)20-10-19-36-21-23-37(24-22-36)32(26-11-4-1-5-12-26)27-13-6-2-7-14-27/h1-2,4-7,11-14,17-18,25,28,32H,3,8-10,15-16,19-24H2. The molecule has 2 aliphatic rings. The second kappa shape index (κ2) is 12.0. The van der Waals surface area contributed by atoms with Crippen LogP contribution in [0.15, 0.2) is 78.9 Å². The van der Waals surface area contributed by atoms with E-state index < -0.39 is 0 Å². The summed E-state index contributed by atoms with van der Waals surface area (Å²) in [5.74, 6) is 1.88. The monoisotopic (exact) mass is 526 g/mol. The van der Waals surface area contributed by atoms with Gasteiger partial charge in [-0.3, -0.25) is 4.90 Å². The van der Waals surface area contributed by atoms with Crippen LogP contribution in [0.5, 0.6) is 0 Å². The average Bonchev–Trinajstić information content (AvgIpc) is 3.33. The Morgan fingerprint density at radius 3 is 2.08 bits per heavy atom. The average molecular weight is 527 g/mol. The molecule has 5 heteroatoms. The van der Waals surface area contributed by atoms with Crippen molar-refractivity contribution in [2.24, 2.45) is 0 Å². The van der Waals surface area contributed by atoms with Crippen molar-refractivity contribution in [1.29, 1.82) is 0 Å². The predicted molar refractivity (Wildman–Crippen MR) is 158 cm³/mol. The molecule has 38 heavy (non-hydrogen) atoms. The van der Waals surface area contributed by atoms with Crippen LogP contribution in [-0.4, -0.2) is 52.1 Å². The lowest BCUT2D eigenvalue weighted by molar-refractivity contribution is 0.108. The van der Waals surface area contributed by atoms with Gasteiger partial charge in [-0.25, -0.2) is 4.98 Å². The second-order valence-corrected chi connectivity index (χ2v) is 11.5. The number of fused-ring (bicyclic) bond motifs is 1. The third kappa shape index (κ3) is 5.68. The number of halogens is 1. The smallest absolute Gasteiger partial charge is 0.112 e. The first-order valence-corrected chi connectivity index (χ1v) is 14.9. The number of aryl methyl sites for hydroxylation is 1. The van der Waals surface area contributed by atoms with Gasteiger partial charge in [-0.15, -0.1) is 0 Å². The maximum atomic E-state index is 6.42. The molecule has 0 spiro atoms. The highest BCUT2D eigenvalue weighted by Gasteiger charge is 2.27. The van der Waals surface area contributed by atoms with E-state index in [0.717, 1.165) is 56.2 Å². The first kappa shape index (κ1) is 25.6.